The summed E-state index contributed by atoms with van der Waals surface area (Å²) in [5, 5.41) is 0. The zero-order chi connectivity index (χ0) is 13.1. The standard InChI is InChI=1S/C13H17NO3S/c1-16-11-4-3-10(6-12(11)17-2)14-7-9(8-18)5-13(14)15/h3-4,6,9,18H,5,7-8H2,1-2H3. The second-order valence-electron chi connectivity index (χ2n) is 4.30. The van der Waals surface area contributed by atoms with Crippen molar-refractivity contribution in [2.24, 2.45) is 5.92 Å². The van der Waals surface area contributed by atoms with Crippen LogP contribution in [0.2, 0.25) is 0 Å². The van der Waals surface area contributed by atoms with E-state index < -0.39 is 0 Å². The van der Waals surface area contributed by atoms with Crippen LogP contribution in [0.1, 0.15) is 6.42 Å². The van der Waals surface area contributed by atoms with Crippen LogP contribution >= 0.6 is 12.6 Å². The molecule has 0 bridgehead atoms. The van der Waals surface area contributed by atoms with E-state index in [1.54, 1.807) is 19.1 Å². The maximum absolute atomic E-state index is 11.9. The molecule has 0 N–H and O–H groups in total. The average Bonchev–Trinajstić information content (AvgIpc) is 2.79. The molecule has 18 heavy (non-hydrogen) atoms. The van der Waals surface area contributed by atoms with Crippen LogP contribution in [-0.4, -0.2) is 32.4 Å². The van der Waals surface area contributed by atoms with Crippen LogP contribution in [0, 0.1) is 5.92 Å². The topological polar surface area (TPSA) is 38.8 Å². The lowest BCUT2D eigenvalue weighted by atomic mass is 10.1. The van der Waals surface area contributed by atoms with Crippen molar-refractivity contribution >= 4 is 24.2 Å². The number of amides is 1. The summed E-state index contributed by atoms with van der Waals surface area (Å²) in [6.45, 7) is 0.720. The van der Waals surface area contributed by atoms with Crippen LogP contribution < -0.4 is 14.4 Å². The van der Waals surface area contributed by atoms with Crippen molar-refractivity contribution in [2.75, 3.05) is 31.4 Å². The van der Waals surface area contributed by atoms with Gasteiger partial charge in [0.15, 0.2) is 11.5 Å². The Morgan fingerprint density at radius 1 is 1.33 bits per heavy atom. The van der Waals surface area contributed by atoms with Gasteiger partial charge < -0.3 is 14.4 Å². The molecule has 5 heteroatoms. The summed E-state index contributed by atoms with van der Waals surface area (Å²) < 4.78 is 10.4. The third-order valence-electron chi connectivity index (χ3n) is 3.14. The summed E-state index contributed by atoms with van der Waals surface area (Å²) in [5.74, 6) is 2.50. The minimum Gasteiger partial charge on any atom is -0.493 e. The second kappa shape index (κ2) is 5.52. The predicted molar refractivity (Wildman–Crippen MR) is 73.9 cm³/mol. The van der Waals surface area contributed by atoms with E-state index in [1.807, 2.05) is 18.2 Å². The molecule has 0 aliphatic carbocycles. The van der Waals surface area contributed by atoms with Gasteiger partial charge in [-0.25, -0.2) is 0 Å². The van der Waals surface area contributed by atoms with Crippen molar-refractivity contribution in [2.45, 2.75) is 6.42 Å². The zero-order valence-corrected chi connectivity index (χ0v) is 11.4. The second-order valence-corrected chi connectivity index (χ2v) is 4.66. The van der Waals surface area contributed by atoms with Crippen LogP contribution in [0.25, 0.3) is 0 Å². The number of carbonyl (C=O) groups excluding carboxylic acids is 1. The Morgan fingerprint density at radius 2 is 2.06 bits per heavy atom. The van der Waals surface area contributed by atoms with Crippen molar-refractivity contribution in [3.63, 3.8) is 0 Å². The number of thiol groups is 1. The largest absolute Gasteiger partial charge is 0.493 e. The van der Waals surface area contributed by atoms with E-state index in [0.717, 1.165) is 18.0 Å². The molecule has 0 radical (unpaired) electrons. The minimum atomic E-state index is 0.140. The van der Waals surface area contributed by atoms with Crippen LogP contribution in [0.4, 0.5) is 5.69 Å². The Kier molecular flexibility index (Phi) is 4.01. The minimum absolute atomic E-state index is 0.140. The van der Waals surface area contributed by atoms with Crippen LogP contribution in [-0.2, 0) is 4.79 Å². The number of ether oxygens (including phenoxy) is 2. The third kappa shape index (κ3) is 2.41. The van der Waals surface area contributed by atoms with Crippen LogP contribution in [0.5, 0.6) is 11.5 Å². The lowest BCUT2D eigenvalue weighted by molar-refractivity contribution is -0.117. The highest BCUT2D eigenvalue weighted by molar-refractivity contribution is 7.80. The fourth-order valence-corrected chi connectivity index (χ4v) is 2.39. The molecule has 1 heterocycles. The van der Waals surface area contributed by atoms with Gasteiger partial charge in [-0.3, -0.25) is 4.79 Å². The SMILES string of the molecule is COc1ccc(N2CC(CS)CC2=O)cc1OC. The molecule has 0 spiro atoms. The fraction of sp³-hybridized carbons (Fsp3) is 0.462. The maximum Gasteiger partial charge on any atom is 0.227 e. The highest BCUT2D eigenvalue weighted by Crippen LogP contribution is 2.34. The van der Waals surface area contributed by atoms with Gasteiger partial charge in [-0.15, -0.1) is 0 Å². The molecule has 1 aliphatic heterocycles. The third-order valence-corrected chi connectivity index (χ3v) is 3.66. The molecule has 1 aromatic rings. The normalized spacial score (nSPS) is 19.2. The molecule has 98 valence electrons. The van der Waals surface area contributed by atoms with E-state index >= 15 is 0 Å². The predicted octanol–water partition coefficient (Wildman–Crippen LogP) is 1.99. The van der Waals surface area contributed by atoms with E-state index in [-0.39, 0.29) is 5.91 Å². The summed E-state index contributed by atoms with van der Waals surface area (Å²) in [6, 6.07) is 5.52. The van der Waals surface area contributed by atoms with Crippen molar-refractivity contribution in [1.82, 2.24) is 0 Å². The van der Waals surface area contributed by atoms with E-state index in [2.05, 4.69) is 12.6 Å². The number of benzene rings is 1. The maximum atomic E-state index is 11.9. The average molecular weight is 267 g/mol. The van der Waals surface area contributed by atoms with Gasteiger partial charge in [-0.1, -0.05) is 0 Å². The van der Waals surface area contributed by atoms with Gasteiger partial charge in [0, 0.05) is 24.7 Å². The Morgan fingerprint density at radius 3 is 2.61 bits per heavy atom. The first-order valence-electron chi connectivity index (χ1n) is 5.82. The summed E-state index contributed by atoms with van der Waals surface area (Å²) in [7, 11) is 3.18. The number of methoxy groups -OCH3 is 2. The Bertz CT molecular complexity index is 450. The highest BCUT2D eigenvalue weighted by atomic mass is 32.1. The molecule has 1 unspecified atom stereocenters. The summed E-state index contributed by atoms with van der Waals surface area (Å²) in [5.41, 5.74) is 0.849. The van der Waals surface area contributed by atoms with Gasteiger partial charge in [0.2, 0.25) is 5.91 Å². The van der Waals surface area contributed by atoms with Crippen LogP contribution in [0.3, 0.4) is 0 Å². The molecule has 4 nitrogen and oxygen atoms in total. The molecule has 1 fully saturated rings. The molecular weight excluding hydrogens is 250 g/mol. The number of nitrogens with zero attached hydrogens (tertiary/aromatic N) is 1. The lowest BCUT2D eigenvalue weighted by Gasteiger charge is -2.18. The molecule has 1 saturated heterocycles. The molecule has 0 saturated carbocycles. The zero-order valence-electron chi connectivity index (χ0n) is 10.5. The monoisotopic (exact) mass is 267 g/mol. The number of hydrogen-bond donors (Lipinski definition) is 1. The molecule has 1 atom stereocenters. The quantitative estimate of drug-likeness (QED) is 0.848. The molecule has 1 aliphatic rings. The summed E-state index contributed by atoms with van der Waals surface area (Å²) in [6.07, 6.45) is 0.567. The van der Waals surface area contributed by atoms with Crippen LogP contribution in [0.15, 0.2) is 18.2 Å². The number of carbonyl (C=O) groups is 1. The Balaban J connectivity index is 2.26. The Hall–Kier alpha value is -1.36. The first-order chi connectivity index (χ1) is 8.69. The molecule has 1 aromatic carbocycles. The number of rotatable bonds is 4. The van der Waals surface area contributed by atoms with E-state index in [1.165, 1.54) is 0 Å². The smallest absolute Gasteiger partial charge is 0.227 e. The molecule has 2 rings (SSSR count). The highest BCUT2D eigenvalue weighted by Gasteiger charge is 2.30. The van der Waals surface area contributed by atoms with E-state index in [9.17, 15) is 4.79 Å². The van der Waals surface area contributed by atoms with E-state index in [0.29, 0.717) is 23.8 Å². The molecule has 1 amide bonds. The van der Waals surface area contributed by atoms with Gasteiger partial charge in [-0.05, 0) is 23.8 Å². The van der Waals surface area contributed by atoms with Gasteiger partial charge in [-0.2, -0.15) is 12.6 Å². The van der Waals surface area contributed by atoms with E-state index in [4.69, 9.17) is 9.47 Å². The van der Waals surface area contributed by atoms with Gasteiger partial charge >= 0.3 is 0 Å². The first-order valence-corrected chi connectivity index (χ1v) is 6.46. The fourth-order valence-electron chi connectivity index (χ4n) is 2.15. The Labute approximate surface area is 112 Å². The molecule has 0 aromatic heterocycles. The van der Waals surface area contributed by atoms with Gasteiger partial charge in [0.1, 0.15) is 0 Å². The summed E-state index contributed by atoms with van der Waals surface area (Å²) >= 11 is 4.26. The molecular formula is C13H17NO3S. The number of anilines is 1. The van der Waals surface area contributed by atoms with Gasteiger partial charge in [0.05, 0.1) is 14.2 Å². The van der Waals surface area contributed by atoms with Crippen molar-refractivity contribution in [1.29, 1.82) is 0 Å². The number of hydrogen-bond acceptors (Lipinski definition) is 4. The van der Waals surface area contributed by atoms with Crippen molar-refractivity contribution in [3.05, 3.63) is 18.2 Å². The van der Waals surface area contributed by atoms with Crippen molar-refractivity contribution < 1.29 is 14.3 Å². The lowest BCUT2D eigenvalue weighted by Crippen LogP contribution is -2.24. The first kappa shape index (κ1) is 13.1. The summed E-state index contributed by atoms with van der Waals surface area (Å²) in [4.78, 5) is 13.7. The van der Waals surface area contributed by atoms with Crippen molar-refractivity contribution in [3.8, 4) is 11.5 Å². The van der Waals surface area contributed by atoms with Gasteiger partial charge in [0.25, 0.3) is 0 Å².